The van der Waals surface area contributed by atoms with Gasteiger partial charge in [-0.2, -0.15) is 0 Å². The number of rotatable bonds is 5. The Hall–Kier alpha value is -0.0100. The Balaban J connectivity index is 2.66. The Labute approximate surface area is 106 Å². The third-order valence-electron chi connectivity index (χ3n) is 2.66. The molecular weight excluding hydrogens is 272 g/mol. The summed E-state index contributed by atoms with van der Waals surface area (Å²) >= 11 is 9.58. The van der Waals surface area contributed by atoms with E-state index in [1.807, 2.05) is 6.07 Å². The summed E-state index contributed by atoms with van der Waals surface area (Å²) in [6.07, 6.45) is 3.69. The molecule has 1 aromatic carbocycles. The standard InChI is InChI=1S/C13H18BrCl/c1-3-4-12(9-14)8-11-5-6-13(15)10(2)7-11/h5-7,12H,3-4,8-9H2,1-2H3. The van der Waals surface area contributed by atoms with Crippen LogP contribution in [0.2, 0.25) is 5.02 Å². The van der Waals surface area contributed by atoms with Crippen LogP contribution >= 0.6 is 27.5 Å². The molecule has 0 amide bonds. The molecule has 0 bridgehead atoms. The van der Waals surface area contributed by atoms with E-state index in [0.717, 1.165) is 22.7 Å². The SMILES string of the molecule is CCCC(CBr)Cc1ccc(Cl)c(C)c1. The van der Waals surface area contributed by atoms with E-state index in [4.69, 9.17) is 11.6 Å². The van der Waals surface area contributed by atoms with Gasteiger partial charge >= 0.3 is 0 Å². The van der Waals surface area contributed by atoms with Gasteiger partial charge in [-0.05, 0) is 42.9 Å². The van der Waals surface area contributed by atoms with Crippen LogP contribution in [0.25, 0.3) is 0 Å². The van der Waals surface area contributed by atoms with Gasteiger partial charge in [0.15, 0.2) is 0 Å². The van der Waals surface area contributed by atoms with Crippen molar-refractivity contribution in [3.63, 3.8) is 0 Å². The lowest BCUT2D eigenvalue weighted by molar-refractivity contribution is 0.534. The summed E-state index contributed by atoms with van der Waals surface area (Å²) in [6.45, 7) is 4.30. The van der Waals surface area contributed by atoms with Crippen LogP contribution in [0.1, 0.15) is 30.9 Å². The summed E-state index contributed by atoms with van der Waals surface area (Å²) in [7, 11) is 0. The smallest absolute Gasteiger partial charge is 0.0435 e. The molecule has 1 rings (SSSR count). The van der Waals surface area contributed by atoms with E-state index in [1.165, 1.54) is 24.0 Å². The van der Waals surface area contributed by atoms with Crippen LogP contribution in [0.5, 0.6) is 0 Å². The Bertz CT molecular complexity index is 309. The molecule has 2 heteroatoms. The van der Waals surface area contributed by atoms with E-state index in [1.54, 1.807) is 0 Å². The van der Waals surface area contributed by atoms with E-state index in [0.29, 0.717) is 0 Å². The average molecular weight is 290 g/mol. The number of hydrogen-bond donors (Lipinski definition) is 0. The van der Waals surface area contributed by atoms with Crippen LogP contribution in [0.15, 0.2) is 18.2 Å². The molecule has 0 aromatic heterocycles. The molecule has 0 radical (unpaired) electrons. The molecule has 0 saturated heterocycles. The third-order valence-corrected chi connectivity index (χ3v) is 4.00. The molecule has 0 nitrogen and oxygen atoms in total. The largest absolute Gasteiger partial charge is 0.0925 e. The van der Waals surface area contributed by atoms with Gasteiger partial charge < -0.3 is 0 Å². The zero-order chi connectivity index (χ0) is 11.3. The van der Waals surface area contributed by atoms with Crippen molar-refractivity contribution in [2.75, 3.05) is 5.33 Å². The predicted octanol–water partition coefficient (Wildman–Crippen LogP) is 5.00. The van der Waals surface area contributed by atoms with Gasteiger partial charge in [0, 0.05) is 10.4 Å². The lowest BCUT2D eigenvalue weighted by Gasteiger charge is -2.13. The van der Waals surface area contributed by atoms with E-state index < -0.39 is 0 Å². The van der Waals surface area contributed by atoms with Gasteiger partial charge in [-0.25, -0.2) is 0 Å². The van der Waals surface area contributed by atoms with E-state index in [9.17, 15) is 0 Å². The Morgan fingerprint density at radius 2 is 2.13 bits per heavy atom. The number of alkyl halides is 1. The molecule has 84 valence electrons. The van der Waals surface area contributed by atoms with Gasteiger partial charge in [-0.3, -0.25) is 0 Å². The Morgan fingerprint density at radius 1 is 1.40 bits per heavy atom. The molecule has 0 aliphatic carbocycles. The Kier molecular flexibility index (Phi) is 5.70. The van der Waals surface area contributed by atoms with Crippen molar-refractivity contribution in [2.45, 2.75) is 33.1 Å². The van der Waals surface area contributed by atoms with Crippen molar-refractivity contribution >= 4 is 27.5 Å². The average Bonchev–Trinajstić information content (AvgIpc) is 2.23. The van der Waals surface area contributed by atoms with Crippen molar-refractivity contribution in [3.8, 4) is 0 Å². The first-order valence-corrected chi connectivity index (χ1v) is 6.98. The molecular formula is C13H18BrCl. The zero-order valence-electron chi connectivity index (χ0n) is 9.39. The maximum absolute atomic E-state index is 6.00. The van der Waals surface area contributed by atoms with Gasteiger partial charge in [-0.15, -0.1) is 0 Å². The van der Waals surface area contributed by atoms with Gasteiger partial charge in [0.05, 0.1) is 0 Å². The van der Waals surface area contributed by atoms with E-state index >= 15 is 0 Å². The van der Waals surface area contributed by atoms with Gasteiger partial charge in [0.25, 0.3) is 0 Å². The summed E-state index contributed by atoms with van der Waals surface area (Å²) in [4.78, 5) is 0. The second-order valence-electron chi connectivity index (χ2n) is 4.10. The van der Waals surface area contributed by atoms with Crippen LogP contribution in [-0.4, -0.2) is 5.33 Å². The fourth-order valence-electron chi connectivity index (χ4n) is 1.81. The molecule has 0 spiro atoms. The molecule has 0 heterocycles. The van der Waals surface area contributed by atoms with Crippen molar-refractivity contribution in [2.24, 2.45) is 5.92 Å². The lowest BCUT2D eigenvalue weighted by atomic mass is 9.96. The maximum Gasteiger partial charge on any atom is 0.0435 e. The van der Waals surface area contributed by atoms with Crippen molar-refractivity contribution in [1.82, 2.24) is 0 Å². The van der Waals surface area contributed by atoms with Gasteiger partial charge in [0.2, 0.25) is 0 Å². The second-order valence-corrected chi connectivity index (χ2v) is 5.15. The van der Waals surface area contributed by atoms with E-state index in [-0.39, 0.29) is 0 Å². The summed E-state index contributed by atoms with van der Waals surface area (Å²) < 4.78 is 0. The summed E-state index contributed by atoms with van der Waals surface area (Å²) in [5, 5.41) is 1.95. The van der Waals surface area contributed by atoms with Crippen molar-refractivity contribution in [3.05, 3.63) is 34.3 Å². The highest BCUT2D eigenvalue weighted by Crippen LogP contribution is 2.21. The van der Waals surface area contributed by atoms with Gasteiger partial charge in [-0.1, -0.05) is 53.0 Å². The highest BCUT2D eigenvalue weighted by atomic mass is 79.9. The highest BCUT2D eigenvalue weighted by Gasteiger charge is 2.07. The minimum absolute atomic E-state index is 0.746. The molecule has 1 atom stereocenters. The normalized spacial score (nSPS) is 12.8. The second kappa shape index (κ2) is 6.55. The monoisotopic (exact) mass is 288 g/mol. The number of aryl methyl sites for hydroxylation is 1. The summed E-state index contributed by atoms with van der Waals surface area (Å²) in [6, 6.07) is 6.35. The highest BCUT2D eigenvalue weighted by molar-refractivity contribution is 9.09. The quantitative estimate of drug-likeness (QED) is 0.669. The first-order valence-electron chi connectivity index (χ1n) is 5.48. The minimum atomic E-state index is 0.746. The van der Waals surface area contributed by atoms with Crippen LogP contribution < -0.4 is 0 Å². The first kappa shape index (κ1) is 13.1. The maximum atomic E-state index is 6.00. The fraction of sp³-hybridized carbons (Fsp3) is 0.538. The molecule has 1 aromatic rings. The number of halogens is 2. The first-order chi connectivity index (χ1) is 7.17. The third kappa shape index (κ3) is 4.16. The van der Waals surface area contributed by atoms with Crippen LogP contribution in [-0.2, 0) is 6.42 Å². The molecule has 1 unspecified atom stereocenters. The Morgan fingerprint density at radius 3 is 2.67 bits per heavy atom. The zero-order valence-corrected chi connectivity index (χ0v) is 11.7. The molecule has 0 aliphatic heterocycles. The summed E-state index contributed by atoms with van der Waals surface area (Å²) in [5.74, 6) is 0.746. The van der Waals surface area contributed by atoms with Crippen LogP contribution in [0.4, 0.5) is 0 Å². The lowest BCUT2D eigenvalue weighted by Crippen LogP contribution is -2.05. The molecule has 15 heavy (non-hydrogen) atoms. The van der Waals surface area contributed by atoms with Crippen molar-refractivity contribution < 1.29 is 0 Å². The molecule has 0 N–H and O–H groups in total. The number of benzene rings is 1. The van der Waals surface area contributed by atoms with E-state index in [2.05, 4.69) is 41.9 Å². The fourth-order valence-corrected chi connectivity index (χ4v) is 2.48. The van der Waals surface area contributed by atoms with Crippen LogP contribution in [0.3, 0.4) is 0 Å². The predicted molar refractivity (Wildman–Crippen MR) is 72.1 cm³/mol. The minimum Gasteiger partial charge on any atom is -0.0925 e. The topological polar surface area (TPSA) is 0 Å². The summed E-state index contributed by atoms with van der Waals surface area (Å²) in [5.41, 5.74) is 2.58. The van der Waals surface area contributed by atoms with Gasteiger partial charge in [0.1, 0.15) is 0 Å². The molecule has 0 aliphatic rings. The number of hydrogen-bond acceptors (Lipinski definition) is 0. The van der Waals surface area contributed by atoms with Crippen molar-refractivity contribution in [1.29, 1.82) is 0 Å². The molecule has 0 fully saturated rings. The van der Waals surface area contributed by atoms with Crippen LogP contribution in [0, 0.1) is 12.8 Å². The molecule has 0 saturated carbocycles.